The highest BCUT2D eigenvalue weighted by molar-refractivity contribution is 4.89. The number of hydrogen-bond donors (Lipinski definition) is 0. The molecule has 106 valence electrons. The predicted molar refractivity (Wildman–Crippen MR) is 72.0 cm³/mol. The summed E-state index contributed by atoms with van der Waals surface area (Å²) in [5.41, 5.74) is 0. The molecular formula is C16H28F2. The first-order valence-corrected chi connectivity index (χ1v) is 7.77. The number of alkyl halides is 2. The van der Waals surface area contributed by atoms with Gasteiger partial charge in [-0.25, -0.2) is 8.78 Å². The fraction of sp³-hybridized carbons (Fsp3) is 1.00. The standard InChI is InChI=1S/C16H28F2/c1-10(2)15-7-5-13(16(15)18)8-11(3)12-4-6-14(17)9-12/h10-16H,4-9H2,1-3H3. The highest BCUT2D eigenvalue weighted by Gasteiger charge is 2.39. The van der Waals surface area contributed by atoms with Crippen LogP contribution in [-0.2, 0) is 0 Å². The zero-order valence-electron chi connectivity index (χ0n) is 12.0. The molecule has 2 heteroatoms. The lowest BCUT2D eigenvalue weighted by Crippen LogP contribution is -2.23. The maximum Gasteiger partial charge on any atom is 0.106 e. The lowest BCUT2D eigenvalue weighted by molar-refractivity contribution is 0.147. The minimum Gasteiger partial charge on any atom is -0.247 e. The second-order valence-corrected chi connectivity index (χ2v) is 7.07. The highest BCUT2D eigenvalue weighted by Crippen LogP contribution is 2.44. The summed E-state index contributed by atoms with van der Waals surface area (Å²) in [6, 6.07) is 0. The third-order valence-corrected chi connectivity index (χ3v) is 5.47. The predicted octanol–water partition coefficient (Wildman–Crippen LogP) is 5.17. The van der Waals surface area contributed by atoms with Crippen molar-refractivity contribution in [3.05, 3.63) is 0 Å². The van der Waals surface area contributed by atoms with Gasteiger partial charge in [0.25, 0.3) is 0 Å². The molecule has 0 aromatic heterocycles. The van der Waals surface area contributed by atoms with Gasteiger partial charge in [-0.15, -0.1) is 0 Å². The Balaban J connectivity index is 1.83. The average molecular weight is 258 g/mol. The van der Waals surface area contributed by atoms with E-state index in [0.717, 1.165) is 38.5 Å². The lowest BCUT2D eigenvalue weighted by atomic mass is 9.82. The summed E-state index contributed by atoms with van der Waals surface area (Å²) in [4.78, 5) is 0. The van der Waals surface area contributed by atoms with Gasteiger partial charge in [0.15, 0.2) is 0 Å². The molecule has 6 atom stereocenters. The van der Waals surface area contributed by atoms with Gasteiger partial charge >= 0.3 is 0 Å². The van der Waals surface area contributed by atoms with Gasteiger partial charge in [0.05, 0.1) is 0 Å². The van der Waals surface area contributed by atoms with E-state index in [4.69, 9.17) is 0 Å². The quantitative estimate of drug-likeness (QED) is 0.652. The Bertz CT molecular complexity index is 264. The van der Waals surface area contributed by atoms with Crippen LogP contribution >= 0.6 is 0 Å². The van der Waals surface area contributed by atoms with E-state index in [2.05, 4.69) is 20.8 Å². The van der Waals surface area contributed by atoms with E-state index in [1.807, 2.05) is 0 Å². The van der Waals surface area contributed by atoms with Gasteiger partial charge in [0.2, 0.25) is 0 Å². The van der Waals surface area contributed by atoms with Gasteiger partial charge in [-0.2, -0.15) is 0 Å². The Morgan fingerprint density at radius 3 is 2.22 bits per heavy atom. The molecule has 6 unspecified atom stereocenters. The van der Waals surface area contributed by atoms with Gasteiger partial charge in [-0.3, -0.25) is 0 Å². The van der Waals surface area contributed by atoms with E-state index in [0.29, 0.717) is 17.8 Å². The molecule has 0 aromatic carbocycles. The number of rotatable bonds is 4. The second kappa shape index (κ2) is 5.88. The van der Waals surface area contributed by atoms with E-state index in [1.54, 1.807) is 0 Å². The Labute approximate surface area is 111 Å². The van der Waals surface area contributed by atoms with E-state index >= 15 is 0 Å². The van der Waals surface area contributed by atoms with Crippen LogP contribution in [0.3, 0.4) is 0 Å². The third kappa shape index (κ3) is 3.05. The van der Waals surface area contributed by atoms with Gasteiger partial charge in [0.1, 0.15) is 12.3 Å². The molecule has 2 aliphatic rings. The van der Waals surface area contributed by atoms with E-state index in [9.17, 15) is 8.78 Å². The summed E-state index contributed by atoms with van der Waals surface area (Å²) < 4.78 is 27.6. The molecule has 0 bridgehead atoms. The summed E-state index contributed by atoms with van der Waals surface area (Å²) >= 11 is 0. The lowest BCUT2D eigenvalue weighted by Gasteiger charge is -2.25. The van der Waals surface area contributed by atoms with Crippen molar-refractivity contribution in [2.45, 2.75) is 71.6 Å². The molecule has 0 radical (unpaired) electrons. The molecule has 18 heavy (non-hydrogen) atoms. The fourth-order valence-corrected chi connectivity index (χ4v) is 4.17. The van der Waals surface area contributed by atoms with Crippen molar-refractivity contribution in [1.82, 2.24) is 0 Å². The molecule has 0 saturated heterocycles. The van der Waals surface area contributed by atoms with Crippen LogP contribution in [0.4, 0.5) is 8.78 Å². The van der Waals surface area contributed by atoms with Crippen LogP contribution in [0.5, 0.6) is 0 Å². The summed E-state index contributed by atoms with van der Waals surface area (Å²) in [6.45, 7) is 6.47. The topological polar surface area (TPSA) is 0 Å². The van der Waals surface area contributed by atoms with Crippen molar-refractivity contribution < 1.29 is 8.78 Å². The smallest absolute Gasteiger partial charge is 0.106 e. The molecular weight excluding hydrogens is 230 g/mol. The Hall–Kier alpha value is -0.140. The molecule has 0 spiro atoms. The van der Waals surface area contributed by atoms with Crippen molar-refractivity contribution in [2.75, 3.05) is 0 Å². The summed E-state index contributed by atoms with van der Waals surface area (Å²) in [5, 5.41) is 0. The minimum atomic E-state index is -0.616. The van der Waals surface area contributed by atoms with Crippen molar-refractivity contribution in [1.29, 1.82) is 0 Å². The minimum absolute atomic E-state index is 0.242. The first-order valence-electron chi connectivity index (χ1n) is 7.77. The van der Waals surface area contributed by atoms with Crippen LogP contribution < -0.4 is 0 Å². The first-order chi connectivity index (χ1) is 8.49. The Morgan fingerprint density at radius 1 is 1.00 bits per heavy atom. The molecule has 0 aliphatic heterocycles. The highest BCUT2D eigenvalue weighted by atomic mass is 19.1. The molecule has 0 nitrogen and oxygen atoms in total. The zero-order valence-corrected chi connectivity index (χ0v) is 12.0. The van der Waals surface area contributed by atoms with Crippen LogP contribution in [0.25, 0.3) is 0 Å². The monoisotopic (exact) mass is 258 g/mol. The summed E-state index contributed by atoms with van der Waals surface area (Å²) in [6.07, 6.45) is 4.32. The second-order valence-electron chi connectivity index (χ2n) is 7.07. The van der Waals surface area contributed by atoms with Gasteiger partial charge in [-0.1, -0.05) is 20.8 Å². The van der Waals surface area contributed by atoms with Crippen molar-refractivity contribution in [2.24, 2.45) is 29.6 Å². The number of hydrogen-bond acceptors (Lipinski definition) is 0. The van der Waals surface area contributed by atoms with E-state index in [-0.39, 0.29) is 11.8 Å². The van der Waals surface area contributed by atoms with Crippen LogP contribution in [0.2, 0.25) is 0 Å². The van der Waals surface area contributed by atoms with Crippen molar-refractivity contribution in [3.8, 4) is 0 Å². The largest absolute Gasteiger partial charge is 0.247 e. The SMILES string of the molecule is CC(C)C1CCC(CC(C)C2CCC(F)C2)C1F. The van der Waals surface area contributed by atoms with E-state index < -0.39 is 12.3 Å². The normalized spacial score (nSPS) is 42.7. The van der Waals surface area contributed by atoms with Gasteiger partial charge < -0.3 is 0 Å². The fourth-order valence-electron chi connectivity index (χ4n) is 4.17. The summed E-state index contributed by atoms with van der Waals surface area (Å²) in [7, 11) is 0. The van der Waals surface area contributed by atoms with Crippen LogP contribution in [-0.4, -0.2) is 12.3 Å². The molecule has 2 aliphatic carbocycles. The third-order valence-electron chi connectivity index (χ3n) is 5.47. The summed E-state index contributed by atoms with van der Waals surface area (Å²) in [5.74, 6) is 1.97. The Morgan fingerprint density at radius 2 is 1.72 bits per heavy atom. The molecule has 0 aromatic rings. The van der Waals surface area contributed by atoms with Gasteiger partial charge in [0, 0.05) is 0 Å². The maximum absolute atomic E-state index is 14.4. The molecule has 0 N–H and O–H groups in total. The maximum atomic E-state index is 14.4. The van der Waals surface area contributed by atoms with Crippen LogP contribution in [0.1, 0.15) is 59.3 Å². The molecule has 2 fully saturated rings. The first kappa shape index (κ1) is 14.3. The molecule has 0 amide bonds. The van der Waals surface area contributed by atoms with Crippen molar-refractivity contribution >= 4 is 0 Å². The van der Waals surface area contributed by atoms with Crippen LogP contribution in [0.15, 0.2) is 0 Å². The van der Waals surface area contributed by atoms with E-state index in [1.165, 1.54) is 0 Å². The number of halogens is 2. The zero-order chi connectivity index (χ0) is 13.3. The van der Waals surface area contributed by atoms with Gasteiger partial charge in [-0.05, 0) is 68.1 Å². The molecule has 0 heterocycles. The molecule has 2 rings (SSSR count). The Kier molecular flexibility index (Phi) is 4.66. The van der Waals surface area contributed by atoms with Crippen LogP contribution in [0, 0.1) is 29.6 Å². The van der Waals surface area contributed by atoms with Crippen molar-refractivity contribution in [3.63, 3.8) is 0 Å². The molecule has 2 saturated carbocycles. The average Bonchev–Trinajstić information content (AvgIpc) is 2.86.